The lowest BCUT2D eigenvalue weighted by molar-refractivity contribution is -0.0542. The maximum atomic E-state index is 10.3. The summed E-state index contributed by atoms with van der Waals surface area (Å²) < 4.78 is 0. The molecule has 2 heteroatoms. The first-order valence-electron chi connectivity index (χ1n) is 11.6. The third kappa shape index (κ3) is 10.1. The Morgan fingerprint density at radius 3 is 1.73 bits per heavy atom. The van der Waals surface area contributed by atoms with Gasteiger partial charge in [0.25, 0.3) is 0 Å². The summed E-state index contributed by atoms with van der Waals surface area (Å²) in [5.41, 5.74) is -0.177. The second kappa shape index (κ2) is 15.7. The van der Waals surface area contributed by atoms with Crippen LogP contribution >= 0.6 is 0 Å². The Morgan fingerprint density at radius 1 is 0.769 bits per heavy atom. The highest BCUT2D eigenvalue weighted by Crippen LogP contribution is 2.40. The number of hydrogen-bond donors (Lipinski definition) is 2. The Hall–Kier alpha value is -0.340. The Bertz CT molecular complexity index is 328. The maximum absolute atomic E-state index is 10.3. The SMILES string of the molecule is C=CCCCCCCCCCCCCCCCC1(CO)CCCCC1O. The first-order valence-corrected chi connectivity index (χ1v) is 11.6. The summed E-state index contributed by atoms with van der Waals surface area (Å²) in [4.78, 5) is 0. The van der Waals surface area contributed by atoms with Crippen LogP contribution in [0.5, 0.6) is 0 Å². The zero-order valence-electron chi connectivity index (χ0n) is 17.4. The van der Waals surface area contributed by atoms with Crippen molar-refractivity contribution in [2.75, 3.05) is 6.61 Å². The summed E-state index contributed by atoms with van der Waals surface area (Å²) in [5.74, 6) is 0. The van der Waals surface area contributed by atoms with Gasteiger partial charge in [-0.3, -0.25) is 0 Å². The molecule has 0 aliphatic heterocycles. The van der Waals surface area contributed by atoms with Crippen molar-refractivity contribution in [2.45, 2.75) is 128 Å². The Labute approximate surface area is 163 Å². The zero-order chi connectivity index (χ0) is 18.9. The van der Waals surface area contributed by atoms with Crippen LogP contribution < -0.4 is 0 Å². The molecule has 0 aromatic heterocycles. The van der Waals surface area contributed by atoms with Gasteiger partial charge in [0.05, 0.1) is 12.7 Å². The molecule has 2 nitrogen and oxygen atoms in total. The van der Waals surface area contributed by atoms with Gasteiger partial charge in [-0.1, -0.05) is 96.0 Å². The quantitative estimate of drug-likeness (QED) is 0.216. The van der Waals surface area contributed by atoms with E-state index in [-0.39, 0.29) is 18.1 Å². The van der Waals surface area contributed by atoms with E-state index in [0.717, 1.165) is 25.7 Å². The number of unbranched alkanes of at least 4 members (excludes halogenated alkanes) is 13. The zero-order valence-corrected chi connectivity index (χ0v) is 17.4. The first-order chi connectivity index (χ1) is 12.7. The molecule has 0 bridgehead atoms. The first kappa shape index (κ1) is 23.7. The average Bonchev–Trinajstić information content (AvgIpc) is 2.66. The molecule has 154 valence electrons. The molecule has 0 aromatic rings. The molecule has 0 spiro atoms. The van der Waals surface area contributed by atoms with E-state index in [9.17, 15) is 10.2 Å². The van der Waals surface area contributed by atoms with Crippen LogP contribution in [0.3, 0.4) is 0 Å². The Morgan fingerprint density at radius 2 is 1.27 bits per heavy atom. The van der Waals surface area contributed by atoms with E-state index in [1.165, 1.54) is 96.3 Å². The molecule has 1 rings (SSSR count). The molecule has 0 aromatic carbocycles. The number of aliphatic hydroxyl groups excluding tert-OH is 2. The highest BCUT2D eigenvalue weighted by Gasteiger charge is 2.38. The summed E-state index contributed by atoms with van der Waals surface area (Å²) in [6.07, 6.45) is 25.8. The van der Waals surface area contributed by atoms with E-state index >= 15 is 0 Å². The van der Waals surface area contributed by atoms with Crippen molar-refractivity contribution in [1.29, 1.82) is 0 Å². The van der Waals surface area contributed by atoms with Crippen molar-refractivity contribution >= 4 is 0 Å². The molecule has 0 heterocycles. The highest BCUT2D eigenvalue weighted by atomic mass is 16.3. The van der Waals surface area contributed by atoms with E-state index in [1.807, 2.05) is 6.08 Å². The fourth-order valence-electron chi connectivity index (χ4n) is 4.55. The van der Waals surface area contributed by atoms with Crippen molar-refractivity contribution < 1.29 is 10.2 Å². The summed E-state index contributed by atoms with van der Waals surface area (Å²) in [6.45, 7) is 3.94. The molecule has 1 aliphatic carbocycles. The van der Waals surface area contributed by atoms with E-state index in [2.05, 4.69) is 6.58 Å². The molecule has 1 saturated carbocycles. The second-order valence-corrected chi connectivity index (χ2v) is 8.71. The maximum Gasteiger partial charge on any atom is 0.0618 e. The number of allylic oxidation sites excluding steroid dienone is 1. The van der Waals surface area contributed by atoms with Crippen LogP contribution in [-0.2, 0) is 0 Å². The van der Waals surface area contributed by atoms with Crippen LogP contribution in [0.1, 0.15) is 122 Å². The van der Waals surface area contributed by atoms with E-state index < -0.39 is 0 Å². The Kier molecular flexibility index (Phi) is 14.3. The molecular weight excluding hydrogens is 320 g/mol. The average molecular weight is 367 g/mol. The molecule has 0 saturated heterocycles. The van der Waals surface area contributed by atoms with Crippen molar-refractivity contribution in [1.82, 2.24) is 0 Å². The lowest BCUT2D eigenvalue weighted by Crippen LogP contribution is -2.41. The standard InChI is InChI=1S/C24H46O2/c1-2-3-4-5-6-7-8-9-10-11-12-13-14-15-17-20-24(22-25)21-18-16-19-23(24)26/h2,23,25-26H,1,3-22H2. The smallest absolute Gasteiger partial charge is 0.0618 e. The van der Waals surface area contributed by atoms with E-state index in [4.69, 9.17) is 0 Å². The van der Waals surface area contributed by atoms with Gasteiger partial charge in [-0.15, -0.1) is 6.58 Å². The van der Waals surface area contributed by atoms with Crippen LogP contribution in [0, 0.1) is 5.41 Å². The fraction of sp³-hybridized carbons (Fsp3) is 0.917. The number of rotatable bonds is 17. The third-order valence-electron chi connectivity index (χ3n) is 6.51. The van der Waals surface area contributed by atoms with Crippen LogP contribution in [0.25, 0.3) is 0 Å². The fourth-order valence-corrected chi connectivity index (χ4v) is 4.55. The van der Waals surface area contributed by atoms with Gasteiger partial charge in [-0.05, 0) is 32.1 Å². The molecule has 2 N–H and O–H groups in total. The van der Waals surface area contributed by atoms with Gasteiger partial charge in [0.2, 0.25) is 0 Å². The predicted octanol–water partition coefficient (Wildman–Crippen LogP) is 6.94. The summed E-state index contributed by atoms with van der Waals surface area (Å²) in [7, 11) is 0. The lowest BCUT2D eigenvalue weighted by atomic mass is 9.69. The van der Waals surface area contributed by atoms with Gasteiger partial charge in [-0.25, -0.2) is 0 Å². The third-order valence-corrected chi connectivity index (χ3v) is 6.51. The van der Waals surface area contributed by atoms with Crippen molar-refractivity contribution in [3.8, 4) is 0 Å². The topological polar surface area (TPSA) is 40.5 Å². The molecule has 0 amide bonds. The largest absolute Gasteiger partial charge is 0.396 e. The van der Waals surface area contributed by atoms with Gasteiger partial charge in [0.1, 0.15) is 0 Å². The minimum absolute atomic E-state index is 0.169. The minimum Gasteiger partial charge on any atom is -0.396 e. The summed E-state index contributed by atoms with van der Waals surface area (Å²) >= 11 is 0. The Balaban J connectivity index is 1.85. The second-order valence-electron chi connectivity index (χ2n) is 8.71. The molecular formula is C24H46O2. The van der Waals surface area contributed by atoms with Gasteiger partial charge >= 0.3 is 0 Å². The molecule has 26 heavy (non-hydrogen) atoms. The van der Waals surface area contributed by atoms with Crippen LogP contribution in [0.2, 0.25) is 0 Å². The lowest BCUT2D eigenvalue weighted by Gasteiger charge is -2.40. The van der Waals surface area contributed by atoms with Crippen molar-refractivity contribution in [2.24, 2.45) is 5.41 Å². The van der Waals surface area contributed by atoms with Crippen LogP contribution in [0.15, 0.2) is 12.7 Å². The van der Waals surface area contributed by atoms with E-state index in [1.54, 1.807) is 0 Å². The van der Waals surface area contributed by atoms with E-state index in [0.29, 0.717) is 0 Å². The predicted molar refractivity (Wildman–Crippen MR) is 113 cm³/mol. The molecule has 1 fully saturated rings. The molecule has 0 radical (unpaired) electrons. The number of hydrogen-bond acceptors (Lipinski definition) is 2. The van der Waals surface area contributed by atoms with Gasteiger partial charge in [0, 0.05) is 5.41 Å². The van der Waals surface area contributed by atoms with Gasteiger partial charge in [-0.2, -0.15) is 0 Å². The van der Waals surface area contributed by atoms with Crippen molar-refractivity contribution in [3.05, 3.63) is 12.7 Å². The number of aliphatic hydroxyl groups is 2. The molecule has 2 unspecified atom stereocenters. The van der Waals surface area contributed by atoms with Gasteiger partial charge in [0.15, 0.2) is 0 Å². The van der Waals surface area contributed by atoms with Gasteiger partial charge < -0.3 is 10.2 Å². The monoisotopic (exact) mass is 366 g/mol. The molecule has 1 aliphatic rings. The van der Waals surface area contributed by atoms with Crippen LogP contribution in [-0.4, -0.2) is 22.9 Å². The normalized spacial score (nSPS) is 23.2. The summed E-state index contributed by atoms with van der Waals surface area (Å²) in [6, 6.07) is 0. The highest BCUT2D eigenvalue weighted by molar-refractivity contribution is 4.89. The minimum atomic E-state index is -0.275. The summed E-state index contributed by atoms with van der Waals surface area (Å²) in [5, 5.41) is 20.0. The van der Waals surface area contributed by atoms with Crippen molar-refractivity contribution in [3.63, 3.8) is 0 Å². The van der Waals surface area contributed by atoms with Crippen LogP contribution in [0.4, 0.5) is 0 Å². The molecule has 2 atom stereocenters.